The van der Waals surface area contributed by atoms with Crippen molar-refractivity contribution in [2.45, 2.75) is 20.5 Å². The summed E-state index contributed by atoms with van der Waals surface area (Å²) in [5.74, 6) is 0.697. The fraction of sp³-hybridized carbons (Fsp3) is 0.154. The van der Waals surface area contributed by atoms with Crippen molar-refractivity contribution in [3.05, 3.63) is 95.1 Å². The van der Waals surface area contributed by atoms with Gasteiger partial charge in [0.15, 0.2) is 11.5 Å². The summed E-state index contributed by atoms with van der Waals surface area (Å²) in [7, 11) is 0. The zero-order valence-corrected chi connectivity index (χ0v) is 17.6. The van der Waals surface area contributed by atoms with Crippen LogP contribution < -0.4 is 14.8 Å². The molecule has 0 aromatic heterocycles. The Morgan fingerprint density at radius 3 is 2.42 bits per heavy atom. The highest BCUT2D eigenvalue weighted by Gasteiger charge is 2.11. The maximum Gasteiger partial charge on any atom is 0.266 e. The molecule has 0 saturated carbocycles. The van der Waals surface area contributed by atoms with Crippen LogP contribution in [0, 0.1) is 18.3 Å². The summed E-state index contributed by atoms with van der Waals surface area (Å²) < 4.78 is 11.7. The minimum absolute atomic E-state index is 0.000347. The lowest BCUT2D eigenvalue weighted by Crippen LogP contribution is -2.13. The first-order valence-corrected chi connectivity index (χ1v) is 10.0. The number of carbonyl (C=O) groups excluding carboxylic acids is 1. The third kappa shape index (κ3) is 6.22. The van der Waals surface area contributed by atoms with Crippen LogP contribution in [0.3, 0.4) is 0 Å². The largest absolute Gasteiger partial charge is 0.490 e. The second-order valence-electron chi connectivity index (χ2n) is 6.90. The highest BCUT2D eigenvalue weighted by Crippen LogP contribution is 2.30. The van der Waals surface area contributed by atoms with Gasteiger partial charge in [-0.3, -0.25) is 4.79 Å². The molecule has 0 unspecified atom stereocenters. The average molecular weight is 412 g/mol. The molecule has 1 N–H and O–H groups in total. The first-order chi connectivity index (χ1) is 15.1. The van der Waals surface area contributed by atoms with E-state index in [-0.39, 0.29) is 5.57 Å². The van der Waals surface area contributed by atoms with Crippen molar-refractivity contribution in [2.24, 2.45) is 0 Å². The number of aryl methyl sites for hydroxylation is 1. The molecule has 3 aromatic rings. The normalized spacial score (nSPS) is 10.8. The fourth-order valence-corrected chi connectivity index (χ4v) is 2.88. The topological polar surface area (TPSA) is 71.3 Å². The van der Waals surface area contributed by atoms with Crippen molar-refractivity contribution >= 4 is 17.7 Å². The highest BCUT2D eigenvalue weighted by atomic mass is 16.5. The maximum atomic E-state index is 12.5. The van der Waals surface area contributed by atoms with E-state index in [1.54, 1.807) is 30.3 Å². The molecule has 1 amide bonds. The summed E-state index contributed by atoms with van der Waals surface area (Å²) in [5, 5.41) is 12.2. The van der Waals surface area contributed by atoms with Gasteiger partial charge in [0.1, 0.15) is 18.2 Å². The van der Waals surface area contributed by atoms with Crippen LogP contribution >= 0.6 is 0 Å². The van der Waals surface area contributed by atoms with Crippen LogP contribution in [0.1, 0.15) is 23.6 Å². The van der Waals surface area contributed by atoms with E-state index in [9.17, 15) is 10.1 Å². The monoisotopic (exact) mass is 412 g/mol. The second kappa shape index (κ2) is 10.7. The molecular weight excluding hydrogens is 388 g/mol. The van der Waals surface area contributed by atoms with Gasteiger partial charge in [0.25, 0.3) is 5.91 Å². The SMILES string of the molecule is CCOc1cc(/C=C(/C#N)C(=O)Nc2ccccc2)ccc1OCc1ccc(C)cc1. The zero-order chi connectivity index (χ0) is 22.1. The van der Waals surface area contributed by atoms with E-state index in [2.05, 4.69) is 5.32 Å². The molecule has 5 nitrogen and oxygen atoms in total. The van der Waals surface area contributed by atoms with E-state index >= 15 is 0 Å². The van der Waals surface area contributed by atoms with Crippen molar-refractivity contribution < 1.29 is 14.3 Å². The van der Waals surface area contributed by atoms with E-state index in [1.165, 1.54) is 11.6 Å². The second-order valence-corrected chi connectivity index (χ2v) is 6.90. The van der Waals surface area contributed by atoms with E-state index in [0.29, 0.717) is 36.0 Å². The van der Waals surface area contributed by atoms with Gasteiger partial charge in [-0.15, -0.1) is 0 Å². The Bertz CT molecular complexity index is 1100. The third-order valence-corrected chi connectivity index (χ3v) is 4.49. The van der Waals surface area contributed by atoms with Crippen LogP contribution in [-0.2, 0) is 11.4 Å². The predicted octanol–water partition coefficient (Wildman–Crippen LogP) is 5.52. The third-order valence-electron chi connectivity index (χ3n) is 4.49. The Morgan fingerprint density at radius 1 is 1.00 bits per heavy atom. The minimum Gasteiger partial charge on any atom is -0.490 e. The Hall–Kier alpha value is -4.04. The molecule has 156 valence electrons. The summed E-state index contributed by atoms with van der Waals surface area (Å²) in [4.78, 5) is 12.5. The van der Waals surface area contributed by atoms with Crippen LogP contribution in [-0.4, -0.2) is 12.5 Å². The van der Waals surface area contributed by atoms with Gasteiger partial charge >= 0.3 is 0 Å². The van der Waals surface area contributed by atoms with Gasteiger partial charge in [0.2, 0.25) is 0 Å². The molecule has 3 rings (SSSR count). The number of rotatable bonds is 8. The van der Waals surface area contributed by atoms with Gasteiger partial charge in [-0.2, -0.15) is 5.26 Å². The molecule has 3 aromatic carbocycles. The number of carbonyl (C=O) groups is 1. The lowest BCUT2D eigenvalue weighted by molar-refractivity contribution is -0.112. The number of anilines is 1. The maximum absolute atomic E-state index is 12.5. The van der Waals surface area contributed by atoms with E-state index < -0.39 is 5.91 Å². The molecule has 0 aliphatic carbocycles. The minimum atomic E-state index is -0.466. The number of ether oxygens (including phenoxy) is 2. The average Bonchev–Trinajstić information content (AvgIpc) is 2.79. The van der Waals surface area contributed by atoms with E-state index in [4.69, 9.17) is 9.47 Å². The molecule has 0 heterocycles. The number of hydrogen-bond acceptors (Lipinski definition) is 4. The van der Waals surface area contributed by atoms with Gasteiger partial charge in [0, 0.05) is 5.69 Å². The van der Waals surface area contributed by atoms with Crippen LogP contribution in [0.2, 0.25) is 0 Å². The number of nitriles is 1. The van der Waals surface area contributed by atoms with Crippen molar-refractivity contribution in [3.8, 4) is 17.6 Å². The smallest absolute Gasteiger partial charge is 0.266 e. The highest BCUT2D eigenvalue weighted by molar-refractivity contribution is 6.09. The van der Waals surface area contributed by atoms with Crippen LogP contribution in [0.15, 0.2) is 78.4 Å². The standard InChI is InChI=1S/C26H24N2O3/c1-3-30-25-16-21(13-14-24(25)31-18-20-11-9-19(2)10-12-20)15-22(17-27)26(29)28-23-7-5-4-6-8-23/h4-16H,3,18H2,1-2H3,(H,28,29)/b22-15-. The Balaban J connectivity index is 1.77. The predicted molar refractivity (Wildman–Crippen MR) is 122 cm³/mol. The number of hydrogen-bond donors (Lipinski definition) is 1. The molecule has 0 saturated heterocycles. The summed E-state index contributed by atoms with van der Waals surface area (Å²) >= 11 is 0. The van der Waals surface area contributed by atoms with Crippen molar-refractivity contribution in [3.63, 3.8) is 0 Å². The summed E-state index contributed by atoms with van der Waals surface area (Å²) in [6.45, 7) is 4.81. The Labute approximate surface area is 182 Å². The van der Waals surface area contributed by atoms with Gasteiger partial charge in [-0.1, -0.05) is 54.1 Å². The number of nitrogens with one attached hydrogen (secondary N) is 1. The fourth-order valence-electron chi connectivity index (χ4n) is 2.88. The number of nitrogens with zero attached hydrogens (tertiary/aromatic N) is 1. The van der Waals surface area contributed by atoms with Crippen LogP contribution in [0.4, 0.5) is 5.69 Å². The van der Waals surface area contributed by atoms with Crippen molar-refractivity contribution in [1.29, 1.82) is 5.26 Å². The Kier molecular flexibility index (Phi) is 7.45. The molecule has 0 bridgehead atoms. The molecule has 0 spiro atoms. The Morgan fingerprint density at radius 2 is 1.74 bits per heavy atom. The molecule has 0 radical (unpaired) electrons. The molecule has 0 atom stereocenters. The van der Waals surface area contributed by atoms with E-state index in [1.807, 2.05) is 62.4 Å². The number of benzene rings is 3. The molecule has 0 aliphatic heterocycles. The first kappa shape index (κ1) is 21.7. The molecule has 5 heteroatoms. The first-order valence-electron chi connectivity index (χ1n) is 10.0. The van der Waals surface area contributed by atoms with Gasteiger partial charge in [-0.25, -0.2) is 0 Å². The van der Waals surface area contributed by atoms with Crippen LogP contribution in [0.5, 0.6) is 11.5 Å². The summed E-state index contributed by atoms with van der Waals surface area (Å²) in [6, 6.07) is 24.5. The van der Waals surface area contributed by atoms with Crippen molar-refractivity contribution in [2.75, 3.05) is 11.9 Å². The lowest BCUT2D eigenvalue weighted by atomic mass is 10.1. The van der Waals surface area contributed by atoms with Gasteiger partial charge < -0.3 is 14.8 Å². The lowest BCUT2D eigenvalue weighted by Gasteiger charge is -2.13. The molecule has 0 fully saturated rings. The zero-order valence-electron chi connectivity index (χ0n) is 17.6. The van der Waals surface area contributed by atoms with Crippen molar-refractivity contribution in [1.82, 2.24) is 0 Å². The summed E-state index contributed by atoms with van der Waals surface area (Å²) in [6.07, 6.45) is 1.53. The quantitative estimate of drug-likeness (QED) is 0.391. The summed E-state index contributed by atoms with van der Waals surface area (Å²) in [5.41, 5.74) is 3.55. The van der Waals surface area contributed by atoms with Crippen LogP contribution in [0.25, 0.3) is 6.08 Å². The molecule has 31 heavy (non-hydrogen) atoms. The molecular formula is C26H24N2O3. The molecule has 0 aliphatic rings. The van der Waals surface area contributed by atoms with Gasteiger partial charge in [-0.05, 0) is 55.3 Å². The number of amides is 1. The van der Waals surface area contributed by atoms with Gasteiger partial charge in [0.05, 0.1) is 6.61 Å². The number of para-hydroxylation sites is 1. The van der Waals surface area contributed by atoms with E-state index in [0.717, 1.165) is 5.56 Å².